The van der Waals surface area contributed by atoms with E-state index in [0.717, 1.165) is 60.4 Å². The van der Waals surface area contributed by atoms with Crippen molar-refractivity contribution in [2.45, 2.75) is 38.6 Å². The second kappa shape index (κ2) is 33.6. The van der Waals surface area contributed by atoms with E-state index >= 15 is 0 Å². The number of nitrogens with one attached hydrogen (secondary N) is 6. The van der Waals surface area contributed by atoms with E-state index in [9.17, 15) is 84.0 Å². The molecule has 462 valence electrons. The summed E-state index contributed by atoms with van der Waals surface area (Å²) in [6.45, 7) is 0.823. The van der Waals surface area contributed by atoms with Gasteiger partial charge in [0.25, 0.3) is 47.3 Å². The zero-order valence-corrected chi connectivity index (χ0v) is 47.5. The van der Waals surface area contributed by atoms with Crippen LogP contribution in [0.5, 0.6) is 46.0 Å². The van der Waals surface area contributed by atoms with Crippen molar-refractivity contribution in [3.63, 3.8) is 0 Å². The van der Waals surface area contributed by atoms with Crippen molar-refractivity contribution in [1.82, 2.24) is 41.7 Å². The van der Waals surface area contributed by atoms with Gasteiger partial charge in [0, 0.05) is 87.3 Å². The lowest BCUT2D eigenvalue weighted by atomic mass is 10.0. The molecule has 8 amide bonds. The predicted octanol–water partition coefficient (Wildman–Crippen LogP) is 0.799. The van der Waals surface area contributed by atoms with Crippen molar-refractivity contribution in [2.75, 3.05) is 114 Å². The van der Waals surface area contributed by atoms with Crippen LogP contribution in [0.2, 0.25) is 0 Å². The number of hydrogen-bond donors (Lipinski definition) is 14. The van der Waals surface area contributed by atoms with E-state index in [-0.39, 0.29) is 133 Å². The van der Waals surface area contributed by atoms with Gasteiger partial charge in [0.2, 0.25) is 0 Å². The third-order valence-corrected chi connectivity index (χ3v) is 13.0. The molecule has 4 aromatic carbocycles. The molecule has 14 N–H and O–H groups in total. The lowest BCUT2D eigenvalue weighted by Crippen LogP contribution is -2.43. The minimum atomic E-state index is -1.38. The number of nitrogens with zero attached hydrogens (tertiary/aromatic N) is 2. The molecule has 85 heavy (non-hydrogen) atoms. The maximum absolute atomic E-state index is 14.4. The van der Waals surface area contributed by atoms with E-state index in [4.69, 9.17) is 18.9 Å². The van der Waals surface area contributed by atoms with Crippen LogP contribution in [0, 0.1) is 0 Å². The standard InChI is InChI=1S/C56H72N8O21/c1-31(65)40(62-54(79)37-12-11-34(43(68)46(37)71)51(76)59-20-28-83-3)17-26-64(56(81)39-16-14-36(45(70)48(39)73)53(78)61-22-30-85-5)24-7-6-23-63(55(80)38-15-13-35(44(69)47(38)72)52(77)60-21-29-84-4)25-8-18-57-49(74)32-9-10-33(42(67)41(32)66)50(75)58-19-27-82-2/h9-16,40,66-73H,6-8,17-30H2,1-5H3,(H,57,74)(H,58,75)(H,59,76)(H,60,77)(H,61,78)(H,62,79). The maximum atomic E-state index is 14.4. The number of Topliss-reactive ketones (excluding diaryl/α,β-unsaturated/α-hetero) is 1. The van der Waals surface area contributed by atoms with Crippen molar-refractivity contribution in [3.8, 4) is 46.0 Å². The van der Waals surface area contributed by atoms with Gasteiger partial charge in [0.05, 0.1) is 77.0 Å². The van der Waals surface area contributed by atoms with Crippen LogP contribution in [0.4, 0.5) is 0 Å². The average Bonchev–Trinajstić information content (AvgIpc) is 3.68. The summed E-state index contributed by atoms with van der Waals surface area (Å²) in [5.41, 5.74) is -3.29. The SMILES string of the molecule is COCCNC(=O)c1ccc(C(=O)NCCCN(CCCCN(CCC(NC(=O)c2ccc(C(=O)NCCOC)c(O)c2O)C(C)=O)C(=O)c2ccc(C(=O)NCCOC)c(O)c2O)C(=O)c2ccc(C(=O)NCCOC)c(O)c2O)c(O)c1O. The molecule has 29 heteroatoms. The molecule has 0 heterocycles. The molecule has 1 atom stereocenters. The molecule has 0 radical (unpaired) electrons. The lowest BCUT2D eigenvalue weighted by Gasteiger charge is -2.27. The van der Waals surface area contributed by atoms with Gasteiger partial charge in [-0.3, -0.25) is 43.2 Å². The molecule has 0 aromatic heterocycles. The Morgan fingerprint density at radius 3 is 0.906 bits per heavy atom. The topological polar surface area (TPSA) is 431 Å². The van der Waals surface area contributed by atoms with Crippen molar-refractivity contribution in [3.05, 3.63) is 93.0 Å². The monoisotopic (exact) mass is 1190 g/mol. The number of methoxy groups -OCH3 is 4. The van der Waals surface area contributed by atoms with Gasteiger partial charge in [0.1, 0.15) is 0 Å². The molecule has 0 saturated heterocycles. The maximum Gasteiger partial charge on any atom is 0.257 e. The highest BCUT2D eigenvalue weighted by atomic mass is 16.5. The number of ketones is 1. The number of amides is 8. The first-order valence-electron chi connectivity index (χ1n) is 26.5. The molecular weight excluding hydrogens is 1120 g/mol. The second-order valence-corrected chi connectivity index (χ2v) is 18.8. The van der Waals surface area contributed by atoms with Gasteiger partial charge >= 0.3 is 0 Å². The quantitative estimate of drug-likeness (QED) is 0.0227. The molecule has 29 nitrogen and oxygen atoms in total. The first-order valence-corrected chi connectivity index (χ1v) is 26.5. The number of aromatic hydroxyl groups is 8. The molecular formula is C56H72N8O21. The van der Waals surface area contributed by atoms with E-state index in [1.807, 2.05) is 0 Å². The predicted molar refractivity (Wildman–Crippen MR) is 300 cm³/mol. The molecule has 0 bridgehead atoms. The number of unbranched alkanes of at least 4 members (excludes halogenated alkanes) is 1. The van der Waals surface area contributed by atoms with Crippen LogP contribution >= 0.6 is 0 Å². The largest absolute Gasteiger partial charge is 0.504 e. The normalized spacial score (nSPS) is 11.2. The van der Waals surface area contributed by atoms with Crippen LogP contribution in [-0.4, -0.2) is 224 Å². The Morgan fingerprint density at radius 1 is 0.365 bits per heavy atom. The summed E-state index contributed by atoms with van der Waals surface area (Å²) >= 11 is 0. The Morgan fingerprint density at radius 2 is 0.612 bits per heavy atom. The molecule has 0 saturated carbocycles. The first kappa shape index (κ1) is 68.1. The Bertz CT molecular complexity index is 3060. The smallest absolute Gasteiger partial charge is 0.257 e. The number of rotatable bonds is 34. The van der Waals surface area contributed by atoms with Gasteiger partial charge in [-0.2, -0.15) is 0 Å². The minimum Gasteiger partial charge on any atom is -0.504 e. The molecule has 4 rings (SSSR count). The third-order valence-electron chi connectivity index (χ3n) is 13.0. The highest BCUT2D eigenvalue weighted by Crippen LogP contribution is 2.37. The van der Waals surface area contributed by atoms with Gasteiger partial charge in [-0.15, -0.1) is 0 Å². The van der Waals surface area contributed by atoms with E-state index in [1.54, 1.807) is 0 Å². The Hall–Kier alpha value is -9.45. The van der Waals surface area contributed by atoms with Gasteiger partial charge < -0.3 is 102 Å². The summed E-state index contributed by atoms with van der Waals surface area (Å²) < 4.78 is 19.6. The van der Waals surface area contributed by atoms with Crippen LogP contribution in [-0.2, 0) is 23.7 Å². The van der Waals surface area contributed by atoms with Crippen molar-refractivity contribution < 1.29 is 103 Å². The molecule has 0 fully saturated rings. The van der Waals surface area contributed by atoms with Crippen LogP contribution in [0.1, 0.15) is 115 Å². The number of carbonyl (C=O) groups is 9. The fraction of sp³-hybridized carbons (Fsp3) is 0.411. The molecule has 0 aliphatic rings. The summed E-state index contributed by atoms with van der Waals surface area (Å²) in [6.07, 6.45) is -0.261. The molecule has 0 spiro atoms. The fourth-order valence-electron chi connectivity index (χ4n) is 8.25. The van der Waals surface area contributed by atoms with Crippen molar-refractivity contribution >= 4 is 53.0 Å². The summed E-state index contributed by atoms with van der Waals surface area (Å²) in [5.74, 6) is -14.9. The minimum absolute atomic E-state index is 0.00533. The number of carbonyl (C=O) groups excluding carboxylic acids is 9. The van der Waals surface area contributed by atoms with Crippen molar-refractivity contribution in [1.29, 1.82) is 0 Å². The number of phenols is 8. The number of benzene rings is 4. The Kier molecular flexibility index (Phi) is 26.9. The number of phenolic OH excluding ortho intramolecular Hbond substituents is 8. The van der Waals surface area contributed by atoms with E-state index in [2.05, 4.69) is 31.9 Å². The van der Waals surface area contributed by atoms with E-state index in [0.29, 0.717) is 0 Å². The summed E-state index contributed by atoms with van der Waals surface area (Å²) in [7, 11) is 5.62. The number of hydrogen-bond acceptors (Lipinski definition) is 21. The summed E-state index contributed by atoms with van der Waals surface area (Å²) in [5, 5.41) is 102. The average molecular weight is 1190 g/mol. The fourth-order valence-corrected chi connectivity index (χ4v) is 8.25. The highest BCUT2D eigenvalue weighted by Gasteiger charge is 2.30. The number of ether oxygens (including phenoxy) is 4. The van der Waals surface area contributed by atoms with Gasteiger partial charge in [-0.25, -0.2) is 0 Å². The highest BCUT2D eigenvalue weighted by molar-refractivity contribution is 6.06. The molecule has 0 aliphatic heterocycles. The lowest BCUT2D eigenvalue weighted by molar-refractivity contribution is -0.119. The van der Waals surface area contributed by atoms with Gasteiger partial charge in [0.15, 0.2) is 51.8 Å². The zero-order valence-electron chi connectivity index (χ0n) is 47.5. The zero-order chi connectivity index (χ0) is 62.9. The molecule has 4 aromatic rings. The van der Waals surface area contributed by atoms with Crippen LogP contribution in [0.25, 0.3) is 0 Å². The second-order valence-electron chi connectivity index (χ2n) is 18.8. The van der Waals surface area contributed by atoms with Crippen LogP contribution in [0.15, 0.2) is 48.5 Å². The van der Waals surface area contributed by atoms with E-state index in [1.165, 1.54) is 33.3 Å². The van der Waals surface area contributed by atoms with Gasteiger partial charge in [-0.05, 0) is 81.1 Å². The Labute approximate surface area is 487 Å². The van der Waals surface area contributed by atoms with Gasteiger partial charge in [-0.1, -0.05) is 0 Å². The molecule has 1 unspecified atom stereocenters. The van der Waals surface area contributed by atoms with Crippen LogP contribution < -0.4 is 31.9 Å². The first-order chi connectivity index (χ1) is 40.6. The summed E-state index contributed by atoms with van der Waals surface area (Å²) in [4.78, 5) is 122. The third kappa shape index (κ3) is 18.5. The Balaban J connectivity index is 1.62. The summed E-state index contributed by atoms with van der Waals surface area (Å²) in [6, 6.07) is 7.37. The molecule has 0 aliphatic carbocycles. The van der Waals surface area contributed by atoms with Crippen LogP contribution in [0.3, 0.4) is 0 Å². The van der Waals surface area contributed by atoms with Crippen molar-refractivity contribution in [2.24, 2.45) is 0 Å². The van der Waals surface area contributed by atoms with E-state index < -0.39 is 127 Å².